The van der Waals surface area contributed by atoms with Crippen LogP contribution in [0.25, 0.3) is 0 Å². The number of carboxylic acids is 1. The van der Waals surface area contributed by atoms with Gasteiger partial charge >= 0.3 is 5.97 Å². The number of allylic oxidation sites excluding steroid dienone is 2. The van der Waals surface area contributed by atoms with Gasteiger partial charge < -0.3 is 15.9 Å². The topological polar surface area (TPSA) is 101 Å². The van der Waals surface area contributed by atoms with E-state index in [4.69, 9.17) is 10.8 Å². The minimum absolute atomic E-state index is 0.0666. The number of aliphatic hydroxyl groups is 1. The molecule has 0 spiro atoms. The van der Waals surface area contributed by atoms with Gasteiger partial charge in [0.1, 0.15) is 0 Å². The Labute approximate surface area is 150 Å². The van der Waals surface area contributed by atoms with Crippen LogP contribution in [0.4, 0.5) is 0 Å². The molecule has 25 heavy (non-hydrogen) atoms. The molecule has 0 saturated heterocycles. The van der Waals surface area contributed by atoms with Gasteiger partial charge in [-0.2, -0.15) is 0 Å². The fraction of sp³-hybridized carbons (Fsp3) is 0.800. The Kier molecular flexibility index (Phi) is 6.30. The molecule has 0 heterocycles. The molecule has 2 aliphatic carbocycles. The van der Waals surface area contributed by atoms with Crippen molar-refractivity contribution in [2.45, 2.75) is 77.2 Å². The predicted molar refractivity (Wildman–Crippen MR) is 96.7 cm³/mol. The summed E-state index contributed by atoms with van der Waals surface area (Å²) >= 11 is 0. The maximum atomic E-state index is 12.3. The summed E-state index contributed by atoms with van der Waals surface area (Å²) in [6.45, 7) is 3.97. The minimum atomic E-state index is -0.782. The molecule has 2 rings (SSSR count). The molecule has 142 valence electrons. The molecule has 1 amide bonds. The number of hydrogen-bond donors (Lipinski definition) is 3. The zero-order valence-electron chi connectivity index (χ0n) is 15.5. The lowest BCUT2D eigenvalue weighted by Crippen LogP contribution is -2.42. The highest BCUT2D eigenvalue weighted by molar-refractivity contribution is 5.82. The second kappa shape index (κ2) is 7.90. The second-order valence-electron chi connectivity index (χ2n) is 8.38. The Morgan fingerprint density at radius 3 is 2.72 bits per heavy atom. The van der Waals surface area contributed by atoms with Gasteiger partial charge in [0.2, 0.25) is 5.91 Å². The van der Waals surface area contributed by atoms with Crippen LogP contribution in [0.1, 0.15) is 71.6 Å². The fourth-order valence-corrected chi connectivity index (χ4v) is 5.26. The zero-order chi connectivity index (χ0) is 18.7. The molecule has 0 aromatic carbocycles. The third-order valence-corrected chi connectivity index (χ3v) is 6.35. The highest BCUT2D eigenvalue weighted by atomic mass is 16.4. The number of carbonyl (C=O) groups excluding carboxylic acids is 1. The molecule has 5 nitrogen and oxygen atoms in total. The van der Waals surface area contributed by atoms with Crippen molar-refractivity contribution in [1.82, 2.24) is 0 Å². The van der Waals surface area contributed by atoms with Gasteiger partial charge in [0, 0.05) is 6.42 Å². The Morgan fingerprint density at radius 2 is 2.12 bits per heavy atom. The number of rotatable bonds is 10. The lowest BCUT2D eigenvalue weighted by molar-refractivity contribution is -0.137. The van der Waals surface area contributed by atoms with E-state index >= 15 is 0 Å². The lowest BCUT2D eigenvalue weighted by Gasteiger charge is -2.38. The first kappa shape index (κ1) is 20.0. The molecule has 5 atom stereocenters. The maximum absolute atomic E-state index is 12.3. The van der Waals surface area contributed by atoms with Crippen LogP contribution < -0.4 is 5.73 Å². The summed E-state index contributed by atoms with van der Waals surface area (Å²) in [6, 6.07) is 0. The first-order valence-electron chi connectivity index (χ1n) is 9.62. The molecular weight excluding hydrogens is 318 g/mol. The summed E-state index contributed by atoms with van der Waals surface area (Å²) in [5.74, 6) is -0.205. The third kappa shape index (κ3) is 4.43. The van der Waals surface area contributed by atoms with Gasteiger partial charge in [-0.3, -0.25) is 9.59 Å². The van der Waals surface area contributed by atoms with E-state index in [2.05, 4.69) is 13.0 Å². The fourth-order valence-electron chi connectivity index (χ4n) is 5.26. The van der Waals surface area contributed by atoms with Crippen LogP contribution in [-0.2, 0) is 9.59 Å². The number of carboxylic acid groups (broad SMARTS) is 1. The minimum Gasteiger partial charge on any atom is -0.481 e. The molecule has 2 fully saturated rings. The number of carbonyl (C=O) groups is 2. The number of hydrogen-bond acceptors (Lipinski definition) is 3. The first-order chi connectivity index (χ1) is 11.7. The van der Waals surface area contributed by atoms with E-state index in [1.807, 2.05) is 13.0 Å². The molecule has 2 aliphatic rings. The summed E-state index contributed by atoms with van der Waals surface area (Å²) in [5.41, 5.74) is 4.62. The van der Waals surface area contributed by atoms with Crippen molar-refractivity contribution in [2.75, 3.05) is 0 Å². The van der Waals surface area contributed by atoms with Gasteiger partial charge in [-0.15, -0.1) is 0 Å². The van der Waals surface area contributed by atoms with Crippen molar-refractivity contribution in [3.8, 4) is 0 Å². The Balaban J connectivity index is 2.12. The van der Waals surface area contributed by atoms with E-state index in [1.54, 1.807) is 0 Å². The van der Waals surface area contributed by atoms with Gasteiger partial charge in [0.25, 0.3) is 0 Å². The smallest absolute Gasteiger partial charge is 0.303 e. The highest BCUT2D eigenvalue weighted by Crippen LogP contribution is 2.62. The largest absolute Gasteiger partial charge is 0.481 e. The molecule has 4 N–H and O–H groups in total. The number of nitrogens with two attached hydrogens (primary N) is 1. The monoisotopic (exact) mass is 351 g/mol. The summed E-state index contributed by atoms with van der Waals surface area (Å²) in [7, 11) is 0. The molecule has 0 aliphatic heterocycles. The van der Waals surface area contributed by atoms with E-state index in [-0.39, 0.29) is 24.2 Å². The van der Waals surface area contributed by atoms with Crippen LogP contribution in [0, 0.1) is 23.2 Å². The van der Waals surface area contributed by atoms with Crippen LogP contribution >= 0.6 is 0 Å². The highest BCUT2D eigenvalue weighted by Gasteiger charge is 2.60. The van der Waals surface area contributed by atoms with Crippen molar-refractivity contribution < 1.29 is 19.8 Å². The third-order valence-electron chi connectivity index (χ3n) is 6.35. The summed E-state index contributed by atoms with van der Waals surface area (Å²) in [5, 5.41) is 19.4. The van der Waals surface area contributed by atoms with E-state index in [1.165, 1.54) is 0 Å². The molecule has 5 unspecified atom stereocenters. The Hall–Kier alpha value is -1.36. The normalized spacial score (nSPS) is 33.6. The van der Waals surface area contributed by atoms with Crippen LogP contribution in [0.15, 0.2) is 12.2 Å². The molecular formula is C20H33NO4. The maximum Gasteiger partial charge on any atom is 0.303 e. The van der Waals surface area contributed by atoms with Crippen LogP contribution in [0.3, 0.4) is 0 Å². The number of unbranched alkanes of at least 4 members (excludes halogenated alkanes) is 1. The molecule has 5 heteroatoms. The summed E-state index contributed by atoms with van der Waals surface area (Å²) in [6.07, 6.45) is 10.6. The van der Waals surface area contributed by atoms with Gasteiger partial charge in [0.15, 0.2) is 0 Å². The van der Waals surface area contributed by atoms with E-state index in [0.29, 0.717) is 25.2 Å². The quantitative estimate of drug-likeness (QED) is 0.415. The standard InChI is InChI=1S/C20H33NO4/c1-3-10-19(2,25)13-15-14-9-11-20(12-14,18(21)24)16(15)7-5-4-6-8-17(22)23/h5,7,14-16,25H,3-4,6,8-13H2,1-2H3,(H2,21,24)(H,22,23). The van der Waals surface area contributed by atoms with E-state index < -0.39 is 17.0 Å². The lowest BCUT2D eigenvalue weighted by atomic mass is 9.66. The SMILES string of the molecule is CCCC(C)(O)CC1C2CCC(C(N)=O)(C2)C1C=CCCCC(=O)O. The Morgan fingerprint density at radius 1 is 1.40 bits per heavy atom. The number of primary amides is 1. The number of amides is 1. The Bertz CT molecular complexity index is 528. The van der Waals surface area contributed by atoms with E-state index in [0.717, 1.165) is 32.1 Å². The summed E-state index contributed by atoms with van der Waals surface area (Å²) < 4.78 is 0. The number of fused-ring (bicyclic) bond motifs is 2. The van der Waals surface area contributed by atoms with Gasteiger partial charge in [0.05, 0.1) is 11.0 Å². The van der Waals surface area contributed by atoms with Gasteiger partial charge in [-0.1, -0.05) is 25.5 Å². The molecule has 0 aromatic heterocycles. The molecule has 0 radical (unpaired) electrons. The van der Waals surface area contributed by atoms with Crippen molar-refractivity contribution in [3.63, 3.8) is 0 Å². The van der Waals surface area contributed by atoms with Crippen LogP contribution in [-0.4, -0.2) is 27.7 Å². The molecule has 0 aromatic rings. The van der Waals surface area contributed by atoms with Crippen molar-refractivity contribution >= 4 is 11.9 Å². The van der Waals surface area contributed by atoms with Crippen molar-refractivity contribution in [1.29, 1.82) is 0 Å². The second-order valence-corrected chi connectivity index (χ2v) is 8.38. The van der Waals surface area contributed by atoms with Crippen LogP contribution in [0.5, 0.6) is 0 Å². The molecule has 2 bridgehead atoms. The van der Waals surface area contributed by atoms with Gasteiger partial charge in [-0.05, 0) is 69.6 Å². The van der Waals surface area contributed by atoms with Crippen LogP contribution in [0.2, 0.25) is 0 Å². The average Bonchev–Trinajstić information content (AvgIpc) is 3.05. The zero-order valence-corrected chi connectivity index (χ0v) is 15.5. The van der Waals surface area contributed by atoms with Crippen molar-refractivity contribution in [3.05, 3.63) is 12.2 Å². The van der Waals surface area contributed by atoms with Crippen molar-refractivity contribution in [2.24, 2.45) is 28.9 Å². The molecule has 2 saturated carbocycles. The van der Waals surface area contributed by atoms with Gasteiger partial charge in [-0.25, -0.2) is 0 Å². The summed E-state index contributed by atoms with van der Waals surface area (Å²) in [4.78, 5) is 22.9. The van der Waals surface area contributed by atoms with E-state index in [9.17, 15) is 14.7 Å². The first-order valence-corrected chi connectivity index (χ1v) is 9.62. The predicted octanol–water partition coefficient (Wildman–Crippen LogP) is 3.26. The average molecular weight is 351 g/mol. The number of aliphatic carboxylic acids is 1.